The second-order valence-corrected chi connectivity index (χ2v) is 1.72. The number of rotatable bonds is 0. The number of carboxylic acid groups (broad SMARTS) is 2. The summed E-state index contributed by atoms with van der Waals surface area (Å²) in [7, 11) is -4.89. The van der Waals surface area contributed by atoms with E-state index in [9.17, 15) is 0 Å². The zero-order valence-corrected chi connectivity index (χ0v) is 11.5. The Labute approximate surface area is 111 Å². The van der Waals surface area contributed by atoms with Crippen LogP contribution in [0.25, 0.3) is 0 Å². The first kappa shape index (κ1) is 58.4. The van der Waals surface area contributed by atoms with Gasteiger partial charge in [0.05, 0.1) is 0 Å². The number of phosphoric acid groups is 1. The van der Waals surface area contributed by atoms with Crippen LogP contribution < -0.4 is 15.1 Å². The van der Waals surface area contributed by atoms with Crippen LogP contribution in [-0.2, 0) is 4.57 Å². The average molecular weight is 386 g/mol. The predicted octanol–water partition coefficient (Wildman–Crippen LogP) is -8.13. The summed E-state index contributed by atoms with van der Waals surface area (Å²) in [4.78, 5) is 31.3. The van der Waals surface area contributed by atoms with Crippen LogP contribution in [0.4, 0.5) is 4.79 Å². The monoisotopic (exact) mass is 386 g/mol. The molecule has 0 aliphatic rings. The van der Waals surface area contributed by atoms with Crippen LogP contribution in [0.15, 0.2) is 0 Å². The minimum absolute atomic E-state index is 0. The Morgan fingerprint density at radius 3 is 0.933 bits per heavy atom. The molecule has 96 valence electrons. The summed E-state index contributed by atoms with van der Waals surface area (Å²) in [6, 6.07) is 0. The van der Waals surface area contributed by atoms with E-state index in [-0.39, 0.29) is 63.0 Å². The molecule has 0 rings (SSSR count). The first-order valence-corrected chi connectivity index (χ1v) is 2.91. The first-order valence-electron chi connectivity index (χ1n) is 1.38. The second kappa shape index (κ2) is 29.3. The van der Waals surface area contributed by atoms with Crippen LogP contribution in [0.5, 0.6) is 0 Å². The maximum Gasteiger partial charge on any atom is 3.00 e. The van der Waals surface area contributed by atoms with Crippen molar-refractivity contribution in [1.82, 2.24) is 0 Å². The molecule has 0 unspecified atom stereocenters. The predicted molar refractivity (Wildman–Crippen MR) is 35.5 cm³/mol. The third kappa shape index (κ3) is 15700. The molecule has 0 fully saturated rings. The SMILES string of the molecule is O.O.O.O.O.O=C([O-])[O-].O=P([O-])(O)O.[La+3]. The number of hydrogen-bond acceptors (Lipinski definition) is 5. The molecule has 0 aromatic rings. The third-order valence-electron chi connectivity index (χ3n) is 0. The van der Waals surface area contributed by atoms with E-state index in [1.165, 1.54) is 0 Å². The van der Waals surface area contributed by atoms with Gasteiger partial charge in [0.15, 0.2) is 0 Å². The van der Waals surface area contributed by atoms with Crippen LogP contribution in [0.2, 0.25) is 0 Å². The Balaban J connectivity index is -0.00000000785. The molecule has 0 aliphatic heterocycles. The van der Waals surface area contributed by atoms with Crippen molar-refractivity contribution in [1.29, 1.82) is 0 Å². The van der Waals surface area contributed by atoms with E-state index in [0.717, 1.165) is 0 Å². The van der Waals surface area contributed by atoms with Gasteiger partial charge in [-0.05, 0) is 6.16 Å². The molecule has 0 spiro atoms. The quantitative estimate of drug-likeness (QED) is 0.378. The van der Waals surface area contributed by atoms with Crippen LogP contribution >= 0.6 is 7.82 Å². The zero-order chi connectivity index (χ0) is 8.08. The molecule has 14 heteroatoms. The van der Waals surface area contributed by atoms with Crippen molar-refractivity contribution in [3.05, 3.63) is 0 Å². The van der Waals surface area contributed by atoms with E-state index in [4.69, 9.17) is 34.3 Å². The summed E-state index contributed by atoms with van der Waals surface area (Å²) in [5.74, 6) is 0. The van der Waals surface area contributed by atoms with E-state index in [0.29, 0.717) is 0 Å². The fraction of sp³-hybridized carbons (Fsp3) is 0. The van der Waals surface area contributed by atoms with Gasteiger partial charge in [-0.2, -0.15) is 0 Å². The largest absolute Gasteiger partial charge is 3.00 e. The molecular weight excluding hydrogens is 374 g/mol. The molecular formula is CH12LaO12P. The van der Waals surface area contributed by atoms with Crippen LogP contribution in [0.1, 0.15) is 0 Å². The van der Waals surface area contributed by atoms with Gasteiger partial charge in [-0.3, -0.25) is 4.57 Å². The molecule has 0 aromatic carbocycles. The van der Waals surface area contributed by atoms with Gasteiger partial charge in [-0.15, -0.1) is 0 Å². The van der Waals surface area contributed by atoms with Crippen molar-refractivity contribution >= 4 is 14.0 Å². The van der Waals surface area contributed by atoms with Crippen LogP contribution in [0, 0.1) is 35.6 Å². The van der Waals surface area contributed by atoms with Gasteiger partial charge in [0.2, 0.25) is 0 Å². The Hall–Kier alpha value is 0.375. The molecule has 0 radical (unpaired) electrons. The van der Waals surface area contributed by atoms with E-state index in [1.807, 2.05) is 0 Å². The fourth-order valence-corrected chi connectivity index (χ4v) is 0. The molecule has 0 saturated carbocycles. The van der Waals surface area contributed by atoms with Gasteiger partial charge in [-0.1, -0.05) is 0 Å². The summed E-state index contributed by atoms with van der Waals surface area (Å²) < 4.78 is 8.77. The molecule has 0 saturated heterocycles. The van der Waals surface area contributed by atoms with Crippen molar-refractivity contribution in [2.45, 2.75) is 0 Å². The van der Waals surface area contributed by atoms with Crippen LogP contribution in [0.3, 0.4) is 0 Å². The van der Waals surface area contributed by atoms with E-state index in [2.05, 4.69) is 0 Å². The normalized spacial score (nSPS) is 5.53. The second-order valence-electron chi connectivity index (χ2n) is 0.741. The molecule has 0 atom stereocenters. The van der Waals surface area contributed by atoms with Crippen LogP contribution in [-0.4, -0.2) is 43.3 Å². The molecule has 12 nitrogen and oxygen atoms in total. The fourth-order valence-electron chi connectivity index (χ4n) is 0. The molecule has 0 aromatic heterocycles. The van der Waals surface area contributed by atoms with E-state index < -0.39 is 14.0 Å². The summed E-state index contributed by atoms with van der Waals surface area (Å²) in [6.07, 6.45) is -2.33. The summed E-state index contributed by atoms with van der Waals surface area (Å²) in [5, 5.41) is 16.7. The smallest absolute Gasteiger partial charge is 0.756 e. The van der Waals surface area contributed by atoms with Gasteiger partial charge in [-0.25, -0.2) is 0 Å². The molecule has 12 N–H and O–H groups in total. The maximum absolute atomic E-state index is 8.77. The van der Waals surface area contributed by atoms with Gasteiger partial charge >= 0.3 is 35.6 Å². The maximum atomic E-state index is 8.77. The van der Waals surface area contributed by atoms with Gasteiger partial charge < -0.3 is 57.1 Å². The molecule has 15 heavy (non-hydrogen) atoms. The van der Waals surface area contributed by atoms with Gasteiger partial charge in [0.25, 0.3) is 7.82 Å². The van der Waals surface area contributed by atoms with Crippen molar-refractivity contribution < 1.29 is 97.2 Å². The first-order chi connectivity index (χ1) is 3.73. The van der Waals surface area contributed by atoms with Crippen molar-refractivity contribution in [2.24, 2.45) is 0 Å². The Kier molecular flexibility index (Phi) is 114. The zero-order valence-electron chi connectivity index (χ0n) is 6.96. The van der Waals surface area contributed by atoms with Crippen molar-refractivity contribution in [3.63, 3.8) is 0 Å². The van der Waals surface area contributed by atoms with Crippen molar-refractivity contribution in [3.8, 4) is 0 Å². The number of carbonyl (C=O) groups excluding carboxylic acids is 1. The number of carbonyl (C=O) groups is 1. The van der Waals surface area contributed by atoms with Gasteiger partial charge in [0.1, 0.15) is 0 Å². The Bertz CT molecular complexity index is 115. The molecule has 0 amide bonds. The average Bonchev–Trinajstić information content (AvgIpc) is 1.19. The summed E-state index contributed by atoms with van der Waals surface area (Å²) in [6.45, 7) is 0. The minimum Gasteiger partial charge on any atom is -0.756 e. The van der Waals surface area contributed by atoms with E-state index >= 15 is 0 Å². The summed E-state index contributed by atoms with van der Waals surface area (Å²) >= 11 is 0. The number of hydrogen-bond donors (Lipinski definition) is 2. The molecule has 0 aliphatic carbocycles. The minimum atomic E-state index is -4.89. The summed E-state index contributed by atoms with van der Waals surface area (Å²) in [5.41, 5.74) is 0. The third-order valence-corrected chi connectivity index (χ3v) is 0. The van der Waals surface area contributed by atoms with Crippen molar-refractivity contribution in [2.75, 3.05) is 0 Å². The molecule has 0 bridgehead atoms. The Morgan fingerprint density at radius 2 is 0.933 bits per heavy atom. The standard InChI is InChI=1S/CH2O3.La.H3O4P.5H2O/c2-1(3)4;;1-5(2,3)4;;;;;/h(H2,2,3,4);;(H3,1,2,3,4);5*1H2/q;+3;;;;;;/p-3. The molecule has 0 heterocycles. The van der Waals surface area contributed by atoms with Gasteiger partial charge in [0, 0.05) is 0 Å². The topological polar surface area (TPSA) is 301 Å². The Morgan fingerprint density at radius 1 is 0.933 bits per heavy atom. The van der Waals surface area contributed by atoms with E-state index in [1.54, 1.807) is 0 Å².